The highest BCUT2D eigenvalue weighted by Crippen LogP contribution is 2.57. The van der Waals surface area contributed by atoms with Gasteiger partial charge in [-0.05, 0) is 154 Å². The van der Waals surface area contributed by atoms with Gasteiger partial charge in [-0.1, -0.05) is 208 Å². The van der Waals surface area contributed by atoms with Gasteiger partial charge in [-0.15, -0.1) is 0 Å². The first-order valence-electron chi connectivity index (χ1n) is 25.2. The van der Waals surface area contributed by atoms with Crippen LogP contribution in [0.1, 0.15) is 128 Å². The summed E-state index contributed by atoms with van der Waals surface area (Å²) in [5, 5.41) is 3.34. The van der Waals surface area contributed by atoms with E-state index in [0.29, 0.717) is 0 Å². The third-order valence-corrected chi connectivity index (χ3v) is 22.4. The van der Waals surface area contributed by atoms with E-state index in [4.69, 9.17) is 0 Å². The van der Waals surface area contributed by atoms with E-state index >= 15 is 0 Å². The summed E-state index contributed by atoms with van der Waals surface area (Å²) in [5.74, 6) is 0. The van der Waals surface area contributed by atoms with Crippen LogP contribution in [0.2, 0.25) is 0 Å². The molecule has 0 heterocycles. The molecule has 0 N–H and O–H groups in total. The van der Waals surface area contributed by atoms with Gasteiger partial charge in [0, 0.05) is 17.1 Å². The van der Waals surface area contributed by atoms with Crippen molar-refractivity contribution in [3.63, 3.8) is 0 Å². The molecule has 0 unspecified atom stereocenters. The second-order valence-electron chi connectivity index (χ2n) is 19.4. The van der Waals surface area contributed by atoms with Crippen LogP contribution in [-0.2, 0) is 0 Å². The third kappa shape index (κ3) is 9.97. The molecule has 0 aromatic heterocycles. The van der Waals surface area contributed by atoms with Gasteiger partial charge in [-0.25, -0.2) is 0 Å². The van der Waals surface area contributed by atoms with Gasteiger partial charge in [-0.2, -0.15) is 0 Å². The number of benzene rings is 6. The van der Waals surface area contributed by atoms with Crippen molar-refractivity contribution >= 4 is 43.5 Å². The van der Waals surface area contributed by atoms with Gasteiger partial charge in [0.15, 0.2) is 0 Å². The van der Waals surface area contributed by atoms with Crippen LogP contribution in [0.5, 0.6) is 0 Å². The lowest BCUT2D eigenvalue weighted by Gasteiger charge is -2.39. The Morgan fingerprint density at radius 2 is 0.619 bits per heavy atom. The molecule has 0 saturated heterocycles. The maximum absolute atomic E-state index is 2.53. The van der Waals surface area contributed by atoms with Crippen molar-refractivity contribution < 1.29 is 0 Å². The average molecular weight is 866 g/mol. The predicted octanol–water partition coefficient (Wildman–Crippen LogP) is 17.7. The first-order chi connectivity index (χ1) is 31.3. The van der Waals surface area contributed by atoms with Gasteiger partial charge in [0.25, 0.3) is 0 Å². The molecule has 3 heteroatoms. The van der Waals surface area contributed by atoms with E-state index < -0.39 is 0 Å². The second-order valence-corrected chi connectivity index (χ2v) is 24.9. The van der Waals surface area contributed by atoms with E-state index in [0.717, 1.165) is 22.6 Å². The summed E-state index contributed by atoms with van der Waals surface area (Å²) in [6, 6.07) is 58.4. The Kier molecular flexibility index (Phi) is 14.2. The molecule has 0 atom stereocenters. The molecule has 0 spiro atoms. The third-order valence-electron chi connectivity index (χ3n) is 15.3. The number of hydrogen-bond acceptors (Lipinski definition) is 1. The molecule has 63 heavy (non-hydrogen) atoms. The minimum Gasteiger partial charge on any atom is -0.311 e. The monoisotopic (exact) mass is 865 g/mol. The van der Waals surface area contributed by atoms with Crippen LogP contribution in [0.3, 0.4) is 0 Å². The van der Waals surface area contributed by atoms with Gasteiger partial charge in [-0.3, -0.25) is 0 Å². The molecule has 0 radical (unpaired) electrons. The number of anilines is 3. The zero-order valence-corrected chi connectivity index (χ0v) is 39.5. The Bertz CT molecular complexity index is 2270. The van der Waals surface area contributed by atoms with Crippen molar-refractivity contribution in [2.24, 2.45) is 0 Å². The van der Waals surface area contributed by atoms with Crippen molar-refractivity contribution in [1.29, 1.82) is 0 Å². The lowest BCUT2D eigenvalue weighted by atomic mass is 9.99. The lowest BCUT2D eigenvalue weighted by molar-refractivity contribution is 0.487. The SMILES string of the molecule is c1ccc(-c2ccc(N(c3ccc(-c4ccc(P(C5CCCCC5)C5CCCCC5)cc4)cc3)c3ccc(-c4ccccc4P(C4CCCCC4)C4CCCCC4)cc3)cc2)cc1. The van der Waals surface area contributed by atoms with Crippen LogP contribution in [0.15, 0.2) is 152 Å². The highest BCUT2D eigenvalue weighted by atomic mass is 31.1. The van der Waals surface area contributed by atoms with Crippen LogP contribution in [-0.4, -0.2) is 22.6 Å². The number of rotatable bonds is 12. The van der Waals surface area contributed by atoms with Crippen LogP contribution in [0.25, 0.3) is 33.4 Å². The zero-order valence-electron chi connectivity index (χ0n) is 37.7. The molecule has 0 amide bonds. The summed E-state index contributed by atoms with van der Waals surface area (Å²) in [7, 11) is -0.287. The lowest BCUT2D eigenvalue weighted by Crippen LogP contribution is -2.27. The summed E-state index contributed by atoms with van der Waals surface area (Å²) in [4.78, 5) is 2.45. The molecule has 4 aliphatic rings. The summed E-state index contributed by atoms with van der Waals surface area (Å²) in [6.07, 6.45) is 28.7. The topological polar surface area (TPSA) is 3.24 Å². The maximum atomic E-state index is 2.53. The zero-order chi connectivity index (χ0) is 42.2. The Balaban J connectivity index is 0.954. The van der Waals surface area contributed by atoms with Gasteiger partial charge in [0.2, 0.25) is 0 Å². The molecule has 0 aliphatic heterocycles. The predicted molar refractivity (Wildman–Crippen MR) is 278 cm³/mol. The Morgan fingerprint density at radius 3 is 1.05 bits per heavy atom. The molecule has 324 valence electrons. The summed E-state index contributed by atoms with van der Waals surface area (Å²) in [5.41, 5.74) is 15.1. The van der Waals surface area contributed by atoms with Gasteiger partial charge in [0.1, 0.15) is 0 Å². The van der Waals surface area contributed by atoms with E-state index in [2.05, 4.69) is 157 Å². The van der Waals surface area contributed by atoms with Crippen molar-refractivity contribution in [1.82, 2.24) is 0 Å². The van der Waals surface area contributed by atoms with Gasteiger partial charge < -0.3 is 4.90 Å². The maximum Gasteiger partial charge on any atom is 0.0462 e. The molecule has 1 nitrogen and oxygen atoms in total. The molecule has 10 rings (SSSR count). The smallest absolute Gasteiger partial charge is 0.0462 e. The minimum absolute atomic E-state index is 0.0915. The van der Waals surface area contributed by atoms with Crippen LogP contribution >= 0.6 is 15.8 Å². The standard InChI is InChI=1S/C60H69NP2/c1-6-18-46(19-7-1)47-30-38-51(39-31-47)61(52-40-32-48(33-41-52)49-36-44-58(45-37-49)62(54-20-8-2-9-21-54)55-22-10-3-11-23-55)53-42-34-50(35-43-53)59-28-16-17-29-60(59)63(56-24-12-4-13-25-56)57-26-14-5-15-27-57/h1,6-7,16-19,28-45,54-57H,2-5,8-15,20-27H2. The van der Waals surface area contributed by atoms with Crippen molar-refractivity contribution in [2.45, 2.75) is 151 Å². The van der Waals surface area contributed by atoms with Crippen molar-refractivity contribution in [3.8, 4) is 33.4 Å². The molecular weight excluding hydrogens is 797 g/mol. The molecule has 4 aliphatic carbocycles. The van der Waals surface area contributed by atoms with Gasteiger partial charge >= 0.3 is 0 Å². The first-order valence-corrected chi connectivity index (χ1v) is 28.2. The normalized spacial score (nSPS) is 18.5. The summed E-state index contributed by atoms with van der Waals surface area (Å²) >= 11 is 0. The van der Waals surface area contributed by atoms with E-state index in [1.54, 1.807) is 10.6 Å². The van der Waals surface area contributed by atoms with Gasteiger partial charge in [0.05, 0.1) is 0 Å². The van der Waals surface area contributed by atoms with Crippen LogP contribution < -0.4 is 15.5 Å². The first kappa shape index (κ1) is 42.9. The van der Waals surface area contributed by atoms with Crippen LogP contribution in [0.4, 0.5) is 17.1 Å². The summed E-state index contributed by atoms with van der Waals surface area (Å²) in [6.45, 7) is 0. The Morgan fingerprint density at radius 1 is 0.286 bits per heavy atom. The Hall–Kier alpha value is -4.02. The van der Waals surface area contributed by atoms with E-state index in [9.17, 15) is 0 Å². The van der Waals surface area contributed by atoms with E-state index in [1.165, 1.54) is 179 Å². The van der Waals surface area contributed by atoms with Crippen molar-refractivity contribution in [2.75, 3.05) is 4.90 Å². The highest BCUT2D eigenvalue weighted by Gasteiger charge is 2.34. The fourth-order valence-corrected chi connectivity index (χ4v) is 19.8. The minimum atomic E-state index is -0.195. The highest BCUT2D eigenvalue weighted by molar-refractivity contribution is 7.67. The second kappa shape index (κ2) is 20.9. The van der Waals surface area contributed by atoms with Crippen molar-refractivity contribution in [3.05, 3.63) is 152 Å². The molecule has 0 bridgehead atoms. The molecule has 4 fully saturated rings. The molecule has 6 aromatic rings. The fourth-order valence-electron chi connectivity index (χ4n) is 12.1. The van der Waals surface area contributed by atoms with E-state index in [1.807, 2.05) is 0 Å². The molecular formula is C60H69NP2. The summed E-state index contributed by atoms with van der Waals surface area (Å²) < 4.78 is 0. The number of hydrogen-bond donors (Lipinski definition) is 0. The quantitative estimate of drug-likeness (QED) is 0.111. The van der Waals surface area contributed by atoms with E-state index in [-0.39, 0.29) is 15.8 Å². The molecule has 6 aromatic carbocycles. The van der Waals surface area contributed by atoms with Crippen LogP contribution in [0, 0.1) is 0 Å². The number of nitrogens with zero attached hydrogens (tertiary/aromatic N) is 1. The fraction of sp³-hybridized carbons (Fsp3) is 0.400. The Labute approximate surface area is 382 Å². The average Bonchev–Trinajstić information content (AvgIpc) is 3.37. The largest absolute Gasteiger partial charge is 0.311 e. The molecule has 4 saturated carbocycles.